The molecule has 3 N–H and O–H groups in total. The van der Waals surface area contributed by atoms with Gasteiger partial charge in [-0.3, -0.25) is 4.79 Å². The third-order valence-corrected chi connectivity index (χ3v) is 5.53. The van der Waals surface area contributed by atoms with Gasteiger partial charge in [0.25, 0.3) is 5.91 Å². The molecular formula is C20H31N5O2. The second-order valence-electron chi connectivity index (χ2n) is 7.61. The first kappa shape index (κ1) is 19.5. The van der Waals surface area contributed by atoms with Gasteiger partial charge >= 0.3 is 0 Å². The number of hydrogen-bond donors (Lipinski definition) is 2. The lowest BCUT2D eigenvalue weighted by Gasteiger charge is -2.29. The van der Waals surface area contributed by atoms with Crippen LogP contribution < -0.4 is 16.0 Å². The van der Waals surface area contributed by atoms with E-state index in [2.05, 4.69) is 27.3 Å². The minimum atomic E-state index is -0.146. The number of nitrogens with two attached hydrogens (primary N) is 1. The highest BCUT2D eigenvalue weighted by Gasteiger charge is 2.23. The third-order valence-electron chi connectivity index (χ3n) is 5.53. The Kier molecular flexibility index (Phi) is 6.90. The van der Waals surface area contributed by atoms with Crippen molar-refractivity contribution in [1.29, 1.82) is 0 Å². The number of aromatic nitrogens is 1. The van der Waals surface area contributed by atoms with Gasteiger partial charge in [0.1, 0.15) is 5.82 Å². The van der Waals surface area contributed by atoms with Gasteiger partial charge in [-0.15, -0.1) is 0 Å². The lowest BCUT2D eigenvalue weighted by molar-refractivity contribution is -0.126. The number of amidine groups is 1. The van der Waals surface area contributed by atoms with Gasteiger partial charge < -0.3 is 20.8 Å². The molecular weight excluding hydrogens is 342 g/mol. The van der Waals surface area contributed by atoms with E-state index in [0.717, 1.165) is 50.2 Å². The molecule has 2 fully saturated rings. The number of carbonyl (C=O) groups is 1. The van der Waals surface area contributed by atoms with E-state index in [1.54, 1.807) is 6.20 Å². The minimum absolute atomic E-state index is 0.122. The summed E-state index contributed by atoms with van der Waals surface area (Å²) in [6.07, 6.45) is 9.94. The van der Waals surface area contributed by atoms with Crippen molar-refractivity contribution in [3.05, 3.63) is 23.9 Å². The molecule has 1 saturated heterocycles. The number of anilines is 1. The van der Waals surface area contributed by atoms with Crippen molar-refractivity contribution in [2.45, 2.75) is 57.9 Å². The molecule has 0 radical (unpaired) electrons. The number of pyridine rings is 1. The summed E-state index contributed by atoms with van der Waals surface area (Å²) in [5.41, 5.74) is 6.87. The number of hydrogen-bond acceptors (Lipinski definition) is 5. The molecule has 1 aromatic rings. The van der Waals surface area contributed by atoms with Crippen molar-refractivity contribution in [3.63, 3.8) is 0 Å². The largest absolute Gasteiger partial charge is 0.384 e. The van der Waals surface area contributed by atoms with Gasteiger partial charge in [0, 0.05) is 25.3 Å². The van der Waals surface area contributed by atoms with Crippen LogP contribution in [-0.4, -0.2) is 42.5 Å². The average Bonchev–Trinajstić information content (AvgIpc) is 2.70. The first-order valence-electron chi connectivity index (χ1n) is 10.1. The monoisotopic (exact) mass is 373 g/mol. The summed E-state index contributed by atoms with van der Waals surface area (Å²) in [5, 5.41) is 7.02. The van der Waals surface area contributed by atoms with E-state index in [1.807, 2.05) is 12.1 Å². The molecule has 148 valence electrons. The molecule has 1 amide bonds. The van der Waals surface area contributed by atoms with Gasteiger partial charge in [-0.25, -0.2) is 4.98 Å². The molecule has 2 atom stereocenters. The summed E-state index contributed by atoms with van der Waals surface area (Å²) in [6, 6.07) is 3.96. The summed E-state index contributed by atoms with van der Waals surface area (Å²) in [4.78, 5) is 24.1. The van der Waals surface area contributed by atoms with Crippen LogP contribution in [0.1, 0.15) is 57.4 Å². The number of nitrogens with zero attached hydrogens (tertiary/aromatic N) is 3. The molecule has 3 rings (SSSR count). The highest BCUT2D eigenvalue weighted by atomic mass is 16.6. The fraction of sp³-hybridized carbons (Fsp3) is 0.650. The van der Waals surface area contributed by atoms with Crippen molar-refractivity contribution >= 4 is 17.6 Å². The van der Waals surface area contributed by atoms with E-state index >= 15 is 0 Å². The van der Waals surface area contributed by atoms with Gasteiger partial charge in [0.15, 0.2) is 12.4 Å². The Bertz CT molecular complexity index is 658. The first-order chi connectivity index (χ1) is 13.1. The lowest BCUT2D eigenvalue weighted by Crippen LogP contribution is -2.42. The zero-order valence-corrected chi connectivity index (χ0v) is 16.2. The number of piperidine rings is 1. The van der Waals surface area contributed by atoms with Crippen molar-refractivity contribution in [3.8, 4) is 0 Å². The smallest absolute Gasteiger partial charge is 0.261 e. The molecule has 0 aromatic carbocycles. The molecule has 0 unspecified atom stereocenters. The number of amides is 1. The second kappa shape index (κ2) is 9.58. The summed E-state index contributed by atoms with van der Waals surface area (Å²) in [7, 11) is 0. The Morgan fingerprint density at radius 3 is 2.85 bits per heavy atom. The van der Waals surface area contributed by atoms with Crippen LogP contribution >= 0.6 is 0 Å². The molecule has 7 heteroatoms. The standard InChI is InChI=1S/C20H31N5O2/c1-15-8-3-4-10-17(15)23-18(26)14-27-24-19(21)16-9-7-11-22-20(16)25-12-5-2-6-13-25/h7,9,11,15,17H,2-6,8,10,12-14H2,1H3,(H2,21,24)(H,23,26)/t15-,17+/m1/s1. The molecule has 2 aliphatic rings. The fourth-order valence-electron chi connectivity index (χ4n) is 3.94. The van der Waals surface area contributed by atoms with Crippen LogP contribution in [0.15, 0.2) is 23.5 Å². The molecule has 0 bridgehead atoms. The Balaban J connectivity index is 1.55. The van der Waals surface area contributed by atoms with Crippen LogP contribution in [0.5, 0.6) is 0 Å². The predicted molar refractivity (Wildman–Crippen MR) is 107 cm³/mol. The Labute approximate surface area is 161 Å². The van der Waals surface area contributed by atoms with Crippen molar-refractivity contribution < 1.29 is 9.63 Å². The lowest BCUT2D eigenvalue weighted by atomic mass is 9.86. The molecule has 1 aliphatic carbocycles. The van der Waals surface area contributed by atoms with E-state index in [1.165, 1.54) is 19.3 Å². The van der Waals surface area contributed by atoms with Crippen molar-refractivity contribution in [1.82, 2.24) is 10.3 Å². The number of rotatable bonds is 6. The molecule has 7 nitrogen and oxygen atoms in total. The summed E-state index contributed by atoms with van der Waals surface area (Å²) in [5.74, 6) is 1.46. The van der Waals surface area contributed by atoms with E-state index in [0.29, 0.717) is 5.92 Å². The molecule has 1 saturated carbocycles. The zero-order valence-electron chi connectivity index (χ0n) is 16.2. The van der Waals surface area contributed by atoms with E-state index in [4.69, 9.17) is 10.6 Å². The Hall–Kier alpha value is -2.31. The van der Waals surface area contributed by atoms with Crippen LogP contribution in [0.3, 0.4) is 0 Å². The summed E-state index contributed by atoms with van der Waals surface area (Å²) in [6.45, 7) is 4.01. The number of oxime groups is 1. The molecule has 2 heterocycles. The second-order valence-corrected chi connectivity index (χ2v) is 7.61. The van der Waals surface area contributed by atoms with E-state index in [9.17, 15) is 4.79 Å². The maximum absolute atomic E-state index is 12.1. The molecule has 1 aliphatic heterocycles. The van der Waals surface area contributed by atoms with E-state index < -0.39 is 0 Å². The highest BCUT2D eigenvalue weighted by molar-refractivity contribution is 6.01. The number of carbonyl (C=O) groups excluding carboxylic acids is 1. The number of nitrogens with one attached hydrogen (secondary N) is 1. The first-order valence-corrected chi connectivity index (χ1v) is 10.1. The maximum Gasteiger partial charge on any atom is 0.261 e. The minimum Gasteiger partial charge on any atom is -0.384 e. The van der Waals surface area contributed by atoms with Crippen molar-refractivity contribution in [2.75, 3.05) is 24.6 Å². The van der Waals surface area contributed by atoms with Gasteiger partial charge in [0.05, 0.1) is 5.56 Å². The molecule has 27 heavy (non-hydrogen) atoms. The Morgan fingerprint density at radius 1 is 1.30 bits per heavy atom. The summed E-state index contributed by atoms with van der Waals surface area (Å²) >= 11 is 0. The van der Waals surface area contributed by atoms with Crippen LogP contribution in [0.2, 0.25) is 0 Å². The SMILES string of the molecule is C[C@@H]1CCCC[C@@H]1NC(=O)CO/N=C(\N)c1cccnc1N1CCCCC1. The third kappa shape index (κ3) is 5.34. The topological polar surface area (TPSA) is 92.8 Å². The van der Waals surface area contributed by atoms with E-state index in [-0.39, 0.29) is 24.4 Å². The van der Waals surface area contributed by atoms with Crippen LogP contribution in [0, 0.1) is 5.92 Å². The average molecular weight is 374 g/mol. The quantitative estimate of drug-likeness (QED) is 0.454. The highest BCUT2D eigenvalue weighted by Crippen LogP contribution is 2.24. The fourth-order valence-corrected chi connectivity index (χ4v) is 3.94. The van der Waals surface area contributed by atoms with Crippen LogP contribution in [0.4, 0.5) is 5.82 Å². The van der Waals surface area contributed by atoms with Gasteiger partial charge in [-0.2, -0.15) is 0 Å². The zero-order chi connectivity index (χ0) is 19.1. The Morgan fingerprint density at radius 2 is 2.07 bits per heavy atom. The predicted octanol–water partition coefficient (Wildman–Crippen LogP) is 2.40. The summed E-state index contributed by atoms with van der Waals surface area (Å²) < 4.78 is 0. The maximum atomic E-state index is 12.1. The van der Waals surface area contributed by atoms with Crippen molar-refractivity contribution in [2.24, 2.45) is 16.8 Å². The van der Waals surface area contributed by atoms with Gasteiger partial charge in [-0.05, 0) is 50.2 Å². The van der Waals surface area contributed by atoms with Gasteiger partial charge in [-0.1, -0.05) is 24.9 Å². The molecule has 0 spiro atoms. The normalized spacial score (nSPS) is 23.7. The van der Waals surface area contributed by atoms with Crippen LogP contribution in [-0.2, 0) is 9.63 Å². The van der Waals surface area contributed by atoms with Crippen LogP contribution in [0.25, 0.3) is 0 Å². The van der Waals surface area contributed by atoms with Gasteiger partial charge in [0.2, 0.25) is 0 Å². The molecule has 1 aromatic heterocycles.